The van der Waals surface area contributed by atoms with Crippen LogP contribution in [-0.2, 0) is 17.4 Å². The number of anilines is 2. The highest BCUT2D eigenvalue weighted by atomic mass is 19.4. The van der Waals surface area contributed by atoms with E-state index >= 15 is 0 Å². The summed E-state index contributed by atoms with van der Waals surface area (Å²) >= 11 is 0. The molecule has 25 heavy (non-hydrogen) atoms. The first kappa shape index (κ1) is 16.9. The third kappa shape index (κ3) is 3.78. The van der Waals surface area contributed by atoms with Gasteiger partial charge in [0.05, 0.1) is 6.04 Å². The van der Waals surface area contributed by atoms with Gasteiger partial charge in [-0.25, -0.2) is 9.97 Å². The standard InChI is InChI=1S/C17H15F3N4O/c1-2-15(25)22-11-4-5-12-10(9-11)3-6-13(12)23-16-21-8-7-14(24-16)17(18,19)20/h2,4-5,7-9,13H,1,3,6H2,(H,22,25)(H,21,23,24). The Balaban J connectivity index is 1.77. The van der Waals surface area contributed by atoms with Gasteiger partial charge in [-0.1, -0.05) is 12.6 Å². The molecule has 1 aromatic carbocycles. The van der Waals surface area contributed by atoms with Gasteiger partial charge in [0, 0.05) is 11.9 Å². The SMILES string of the molecule is C=CC(=O)Nc1ccc2c(c1)CCC2Nc1nccc(C(F)(F)F)n1. The van der Waals surface area contributed by atoms with Crippen LogP contribution < -0.4 is 10.6 Å². The average Bonchev–Trinajstić information content (AvgIpc) is 2.96. The van der Waals surface area contributed by atoms with Crippen molar-refractivity contribution < 1.29 is 18.0 Å². The normalized spacial score (nSPS) is 16.2. The summed E-state index contributed by atoms with van der Waals surface area (Å²) in [5.41, 5.74) is 1.65. The number of aromatic nitrogens is 2. The van der Waals surface area contributed by atoms with Gasteiger partial charge >= 0.3 is 6.18 Å². The number of hydrogen-bond donors (Lipinski definition) is 2. The Morgan fingerprint density at radius 1 is 1.32 bits per heavy atom. The van der Waals surface area contributed by atoms with Gasteiger partial charge in [0.25, 0.3) is 0 Å². The van der Waals surface area contributed by atoms with E-state index in [2.05, 4.69) is 27.2 Å². The van der Waals surface area contributed by atoms with Crippen LogP contribution in [-0.4, -0.2) is 15.9 Å². The van der Waals surface area contributed by atoms with Gasteiger partial charge in [0.1, 0.15) is 5.69 Å². The largest absolute Gasteiger partial charge is 0.433 e. The van der Waals surface area contributed by atoms with Gasteiger partial charge in [-0.3, -0.25) is 4.79 Å². The predicted molar refractivity (Wildman–Crippen MR) is 87.0 cm³/mol. The summed E-state index contributed by atoms with van der Waals surface area (Å²) in [4.78, 5) is 18.8. The molecular weight excluding hydrogens is 333 g/mol. The zero-order chi connectivity index (χ0) is 18.0. The molecule has 1 aliphatic carbocycles. The minimum absolute atomic E-state index is 0.0586. The first-order valence-corrected chi connectivity index (χ1v) is 7.60. The van der Waals surface area contributed by atoms with E-state index in [0.29, 0.717) is 12.1 Å². The molecule has 0 saturated heterocycles. The first-order valence-electron chi connectivity index (χ1n) is 7.60. The van der Waals surface area contributed by atoms with Crippen LogP contribution in [0.15, 0.2) is 43.1 Å². The molecule has 2 N–H and O–H groups in total. The number of hydrogen-bond acceptors (Lipinski definition) is 4. The second kappa shape index (κ2) is 6.54. The predicted octanol–water partition coefficient (Wildman–Crippen LogP) is 3.72. The monoisotopic (exact) mass is 348 g/mol. The highest BCUT2D eigenvalue weighted by molar-refractivity contribution is 5.98. The lowest BCUT2D eigenvalue weighted by molar-refractivity contribution is -0.141. The highest BCUT2D eigenvalue weighted by Crippen LogP contribution is 2.35. The van der Waals surface area contributed by atoms with E-state index in [4.69, 9.17) is 0 Å². The first-order chi connectivity index (χ1) is 11.9. The Labute approximate surface area is 142 Å². The number of aryl methyl sites for hydroxylation is 1. The van der Waals surface area contributed by atoms with E-state index in [-0.39, 0.29) is 17.9 Å². The van der Waals surface area contributed by atoms with Crippen LogP contribution in [0.2, 0.25) is 0 Å². The molecule has 1 amide bonds. The molecule has 0 aliphatic heterocycles. The maximum Gasteiger partial charge on any atom is 0.433 e. The van der Waals surface area contributed by atoms with Crippen LogP contribution in [0.4, 0.5) is 24.8 Å². The number of halogens is 3. The minimum Gasteiger partial charge on any atom is -0.347 e. The molecule has 5 nitrogen and oxygen atoms in total. The Kier molecular flexibility index (Phi) is 4.43. The van der Waals surface area contributed by atoms with Gasteiger partial charge in [-0.05, 0) is 48.2 Å². The zero-order valence-electron chi connectivity index (χ0n) is 13.1. The smallest absolute Gasteiger partial charge is 0.347 e. The van der Waals surface area contributed by atoms with Crippen molar-refractivity contribution in [3.8, 4) is 0 Å². The number of fused-ring (bicyclic) bond motifs is 1. The van der Waals surface area contributed by atoms with E-state index in [1.54, 1.807) is 6.07 Å². The van der Waals surface area contributed by atoms with Crippen LogP contribution in [0, 0.1) is 0 Å². The zero-order valence-corrected chi connectivity index (χ0v) is 13.1. The van der Waals surface area contributed by atoms with E-state index in [9.17, 15) is 18.0 Å². The van der Waals surface area contributed by atoms with Gasteiger partial charge in [0.15, 0.2) is 0 Å². The Bertz CT molecular complexity index is 820. The van der Waals surface area contributed by atoms with Crippen molar-refractivity contribution in [2.45, 2.75) is 25.1 Å². The summed E-state index contributed by atoms with van der Waals surface area (Å²) in [6.07, 6.45) is -0.798. The van der Waals surface area contributed by atoms with Crippen molar-refractivity contribution in [3.05, 3.63) is 59.9 Å². The second-order valence-electron chi connectivity index (χ2n) is 5.61. The maximum atomic E-state index is 12.7. The van der Waals surface area contributed by atoms with Gasteiger partial charge in [0.2, 0.25) is 11.9 Å². The van der Waals surface area contributed by atoms with E-state index in [1.807, 2.05) is 12.1 Å². The topological polar surface area (TPSA) is 66.9 Å². The summed E-state index contributed by atoms with van der Waals surface area (Å²) in [5, 5.41) is 5.64. The molecule has 1 atom stereocenters. The van der Waals surface area contributed by atoms with Crippen molar-refractivity contribution in [1.82, 2.24) is 9.97 Å². The summed E-state index contributed by atoms with van der Waals surface area (Å²) in [6.45, 7) is 3.40. The molecule has 0 radical (unpaired) electrons. The summed E-state index contributed by atoms with van der Waals surface area (Å²) < 4.78 is 38.2. The van der Waals surface area contributed by atoms with Crippen molar-refractivity contribution in [3.63, 3.8) is 0 Å². The van der Waals surface area contributed by atoms with E-state index in [0.717, 1.165) is 29.8 Å². The average molecular weight is 348 g/mol. The quantitative estimate of drug-likeness (QED) is 0.827. The number of rotatable bonds is 4. The van der Waals surface area contributed by atoms with Crippen LogP contribution in [0.3, 0.4) is 0 Å². The van der Waals surface area contributed by atoms with Crippen molar-refractivity contribution in [2.24, 2.45) is 0 Å². The lowest BCUT2D eigenvalue weighted by atomic mass is 10.1. The molecule has 2 aromatic rings. The number of carbonyl (C=O) groups is 1. The van der Waals surface area contributed by atoms with Crippen molar-refractivity contribution >= 4 is 17.5 Å². The fourth-order valence-corrected chi connectivity index (χ4v) is 2.78. The molecule has 1 unspecified atom stereocenters. The van der Waals surface area contributed by atoms with Gasteiger partial charge < -0.3 is 10.6 Å². The minimum atomic E-state index is -4.51. The molecule has 1 aliphatic rings. The molecule has 0 bridgehead atoms. The van der Waals surface area contributed by atoms with Crippen LogP contribution in [0.1, 0.15) is 29.3 Å². The van der Waals surface area contributed by atoms with Crippen LogP contribution in [0.25, 0.3) is 0 Å². The van der Waals surface area contributed by atoms with Crippen molar-refractivity contribution in [2.75, 3.05) is 10.6 Å². The maximum absolute atomic E-state index is 12.7. The van der Waals surface area contributed by atoms with E-state index in [1.165, 1.54) is 6.08 Å². The molecule has 0 saturated carbocycles. The van der Waals surface area contributed by atoms with Crippen molar-refractivity contribution in [1.29, 1.82) is 0 Å². The fourth-order valence-electron chi connectivity index (χ4n) is 2.78. The Morgan fingerprint density at radius 2 is 2.12 bits per heavy atom. The van der Waals surface area contributed by atoms with Crippen LogP contribution in [0.5, 0.6) is 0 Å². The summed E-state index contributed by atoms with van der Waals surface area (Å²) in [5.74, 6) is -0.360. The Morgan fingerprint density at radius 3 is 2.84 bits per heavy atom. The second-order valence-corrected chi connectivity index (χ2v) is 5.61. The number of nitrogens with one attached hydrogen (secondary N) is 2. The molecule has 1 aromatic heterocycles. The summed E-state index contributed by atoms with van der Waals surface area (Å²) in [6, 6.07) is 6.09. The van der Waals surface area contributed by atoms with Gasteiger partial charge in [-0.15, -0.1) is 0 Å². The Hall–Kier alpha value is -2.90. The molecular formula is C17H15F3N4O. The van der Waals surface area contributed by atoms with Gasteiger partial charge in [-0.2, -0.15) is 13.2 Å². The lowest BCUT2D eigenvalue weighted by Crippen LogP contribution is -2.14. The third-order valence-electron chi connectivity index (χ3n) is 3.92. The molecule has 0 fully saturated rings. The summed E-state index contributed by atoms with van der Waals surface area (Å²) in [7, 11) is 0. The highest BCUT2D eigenvalue weighted by Gasteiger charge is 2.33. The van der Waals surface area contributed by atoms with E-state index < -0.39 is 11.9 Å². The fraction of sp³-hybridized carbons (Fsp3) is 0.235. The third-order valence-corrected chi connectivity index (χ3v) is 3.92. The number of alkyl halides is 3. The van der Waals surface area contributed by atoms with Crippen LogP contribution >= 0.6 is 0 Å². The molecule has 1 heterocycles. The molecule has 130 valence electrons. The molecule has 8 heteroatoms. The molecule has 3 rings (SSSR count). The number of carbonyl (C=O) groups excluding carboxylic acids is 1. The lowest BCUT2D eigenvalue weighted by Gasteiger charge is -2.15. The number of amides is 1. The number of benzene rings is 1. The number of nitrogens with zero attached hydrogens (tertiary/aromatic N) is 2. The molecule has 0 spiro atoms.